The molecule has 0 aliphatic heterocycles. The lowest BCUT2D eigenvalue weighted by Crippen LogP contribution is -2.22. The van der Waals surface area contributed by atoms with Gasteiger partial charge in [-0.3, -0.25) is 4.98 Å². The molecule has 5 heteroatoms. The van der Waals surface area contributed by atoms with Crippen molar-refractivity contribution in [2.24, 2.45) is 0 Å². The van der Waals surface area contributed by atoms with Crippen LogP contribution in [0.15, 0.2) is 34.4 Å². The summed E-state index contributed by atoms with van der Waals surface area (Å²) in [6.07, 6.45) is 4.93. The van der Waals surface area contributed by atoms with Crippen LogP contribution in [0.1, 0.15) is 43.7 Å². The predicted molar refractivity (Wildman–Crippen MR) is 92.2 cm³/mol. The minimum Gasteiger partial charge on any atom is -0.489 e. The van der Waals surface area contributed by atoms with E-state index in [4.69, 9.17) is 4.74 Å². The second-order valence-corrected chi connectivity index (χ2v) is 7.64. The molecule has 3 nitrogen and oxygen atoms in total. The van der Waals surface area contributed by atoms with Gasteiger partial charge in [-0.1, -0.05) is 6.92 Å². The molecule has 2 rings (SSSR count). The van der Waals surface area contributed by atoms with Gasteiger partial charge in [0.25, 0.3) is 0 Å². The summed E-state index contributed by atoms with van der Waals surface area (Å²) in [6, 6.07) is 6.47. The third-order valence-corrected chi connectivity index (χ3v) is 4.60. The van der Waals surface area contributed by atoms with Crippen LogP contribution in [-0.2, 0) is 0 Å². The third kappa shape index (κ3) is 4.80. The second-order valence-electron chi connectivity index (χ2n) is 5.15. The highest BCUT2D eigenvalue weighted by Crippen LogP contribution is 2.32. The molecular weight excluding hydrogens is 348 g/mol. The molecule has 0 aliphatic rings. The van der Waals surface area contributed by atoms with Gasteiger partial charge in [-0.05, 0) is 66.5 Å². The lowest BCUT2D eigenvalue weighted by molar-refractivity contribution is 0.241. The van der Waals surface area contributed by atoms with Crippen molar-refractivity contribution >= 4 is 27.3 Å². The van der Waals surface area contributed by atoms with Gasteiger partial charge in [-0.15, -0.1) is 11.3 Å². The van der Waals surface area contributed by atoms with Crippen LogP contribution in [0.2, 0.25) is 0 Å². The van der Waals surface area contributed by atoms with Crippen molar-refractivity contribution in [3.05, 3.63) is 44.8 Å². The zero-order valence-corrected chi connectivity index (χ0v) is 15.0. The molecule has 0 fully saturated rings. The Balaban J connectivity index is 2.27. The van der Waals surface area contributed by atoms with Crippen molar-refractivity contribution < 1.29 is 4.74 Å². The summed E-state index contributed by atoms with van der Waals surface area (Å²) in [5.41, 5.74) is 1.14. The van der Waals surface area contributed by atoms with E-state index in [9.17, 15) is 0 Å². The van der Waals surface area contributed by atoms with Gasteiger partial charge in [0, 0.05) is 11.1 Å². The van der Waals surface area contributed by atoms with Crippen LogP contribution in [0.25, 0.3) is 0 Å². The lowest BCUT2D eigenvalue weighted by atomic mass is 10.1. The number of nitrogens with zero attached hydrogens (tertiary/aromatic N) is 1. The van der Waals surface area contributed by atoms with E-state index >= 15 is 0 Å². The van der Waals surface area contributed by atoms with Crippen molar-refractivity contribution in [3.63, 3.8) is 0 Å². The summed E-state index contributed by atoms with van der Waals surface area (Å²) < 4.78 is 6.90. The van der Waals surface area contributed by atoms with Crippen LogP contribution >= 0.6 is 27.3 Å². The smallest absolute Gasteiger partial charge is 0.138 e. The van der Waals surface area contributed by atoms with E-state index in [0.29, 0.717) is 0 Å². The average Bonchev–Trinajstić information content (AvgIpc) is 2.85. The van der Waals surface area contributed by atoms with Gasteiger partial charge in [0.05, 0.1) is 22.1 Å². The molecule has 2 aromatic rings. The van der Waals surface area contributed by atoms with E-state index in [2.05, 4.69) is 51.4 Å². The monoisotopic (exact) mass is 368 g/mol. The van der Waals surface area contributed by atoms with Crippen LogP contribution in [0.5, 0.6) is 5.75 Å². The molecule has 0 saturated carbocycles. The standard InChI is InChI=1S/C16H21BrN2OS/c1-4-7-19-16(14-5-6-15(17)21-14)12-8-13(10-18-9-12)20-11(2)3/h5-6,8-11,16,19H,4,7H2,1-3H3. The summed E-state index contributed by atoms with van der Waals surface area (Å²) in [5, 5.41) is 3.59. The van der Waals surface area contributed by atoms with Crippen molar-refractivity contribution in [3.8, 4) is 5.75 Å². The molecule has 0 saturated heterocycles. The maximum Gasteiger partial charge on any atom is 0.138 e. The molecule has 0 aliphatic carbocycles. The van der Waals surface area contributed by atoms with Gasteiger partial charge >= 0.3 is 0 Å². The quantitative estimate of drug-likeness (QED) is 0.763. The summed E-state index contributed by atoms with van der Waals surface area (Å²) in [5.74, 6) is 0.821. The number of ether oxygens (including phenoxy) is 1. The summed E-state index contributed by atoms with van der Waals surface area (Å²) in [6.45, 7) is 7.19. The fourth-order valence-corrected chi connectivity index (χ4v) is 3.61. The number of aromatic nitrogens is 1. The van der Waals surface area contributed by atoms with Gasteiger partial charge in [-0.2, -0.15) is 0 Å². The van der Waals surface area contributed by atoms with E-state index in [-0.39, 0.29) is 12.1 Å². The molecule has 21 heavy (non-hydrogen) atoms. The fraction of sp³-hybridized carbons (Fsp3) is 0.438. The minimum absolute atomic E-state index is 0.153. The van der Waals surface area contributed by atoms with Gasteiger partial charge < -0.3 is 10.1 Å². The topological polar surface area (TPSA) is 34.2 Å². The maximum absolute atomic E-state index is 5.75. The highest BCUT2D eigenvalue weighted by Gasteiger charge is 2.16. The zero-order chi connectivity index (χ0) is 15.2. The molecule has 0 bridgehead atoms. The number of halogens is 1. The van der Waals surface area contributed by atoms with E-state index in [1.54, 1.807) is 17.5 Å². The van der Waals surface area contributed by atoms with Crippen LogP contribution in [-0.4, -0.2) is 17.6 Å². The lowest BCUT2D eigenvalue weighted by Gasteiger charge is -2.18. The highest BCUT2D eigenvalue weighted by atomic mass is 79.9. The van der Waals surface area contributed by atoms with Gasteiger partial charge in [0.1, 0.15) is 5.75 Å². The Hall–Kier alpha value is -0.910. The molecule has 114 valence electrons. The molecule has 1 N–H and O–H groups in total. The first-order valence-corrected chi connectivity index (χ1v) is 8.81. The Morgan fingerprint density at radius 1 is 1.33 bits per heavy atom. The van der Waals surface area contributed by atoms with E-state index < -0.39 is 0 Å². The summed E-state index contributed by atoms with van der Waals surface area (Å²) in [4.78, 5) is 5.60. The number of hydrogen-bond donors (Lipinski definition) is 1. The van der Waals surface area contributed by atoms with Gasteiger partial charge in [0.2, 0.25) is 0 Å². The SMILES string of the molecule is CCCNC(c1cncc(OC(C)C)c1)c1ccc(Br)s1. The Morgan fingerprint density at radius 2 is 2.14 bits per heavy atom. The second kappa shape index (κ2) is 7.92. The molecule has 1 atom stereocenters. The number of thiophene rings is 1. The fourth-order valence-electron chi connectivity index (χ4n) is 2.08. The minimum atomic E-state index is 0.153. The molecule has 2 heterocycles. The Kier molecular flexibility index (Phi) is 6.21. The Labute approximate surface area is 138 Å². The Bertz CT molecular complexity index is 571. The van der Waals surface area contributed by atoms with Crippen LogP contribution in [0.3, 0.4) is 0 Å². The van der Waals surface area contributed by atoms with E-state index in [0.717, 1.165) is 28.1 Å². The van der Waals surface area contributed by atoms with Crippen LogP contribution in [0.4, 0.5) is 0 Å². The number of rotatable bonds is 7. The van der Waals surface area contributed by atoms with Crippen LogP contribution < -0.4 is 10.1 Å². The van der Waals surface area contributed by atoms with Crippen molar-refractivity contribution in [1.29, 1.82) is 0 Å². The molecule has 0 spiro atoms. The molecule has 1 unspecified atom stereocenters. The number of hydrogen-bond acceptors (Lipinski definition) is 4. The Morgan fingerprint density at radius 3 is 2.76 bits per heavy atom. The highest BCUT2D eigenvalue weighted by molar-refractivity contribution is 9.11. The molecular formula is C16H21BrN2OS. The zero-order valence-electron chi connectivity index (χ0n) is 12.6. The first-order chi connectivity index (χ1) is 10.1. The van der Waals surface area contributed by atoms with Crippen LogP contribution in [0, 0.1) is 0 Å². The third-order valence-electron chi connectivity index (χ3n) is 2.92. The number of nitrogens with one attached hydrogen (secondary N) is 1. The molecule has 0 amide bonds. The van der Waals surface area contributed by atoms with E-state index in [1.165, 1.54) is 4.88 Å². The normalized spacial score (nSPS) is 12.6. The van der Waals surface area contributed by atoms with E-state index in [1.807, 2.05) is 20.0 Å². The van der Waals surface area contributed by atoms with Gasteiger partial charge in [-0.25, -0.2) is 0 Å². The summed E-state index contributed by atoms with van der Waals surface area (Å²) >= 11 is 5.29. The van der Waals surface area contributed by atoms with Gasteiger partial charge in [0.15, 0.2) is 0 Å². The number of pyridine rings is 1. The largest absolute Gasteiger partial charge is 0.489 e. The molecule has 2 aromatic heterocycles. The first-order valence-electron chi connectivity index (χ1n) is 7.20. The average molecular weight is 369 g/mol. The molecule has 0 radical (unpaired) electrons. The van der Waals surface area contributed by atoms with Crippen molar-refractivity contribution in [1.82, 2.24) is 10.3 Å². The maximum atomic E-state index is 5.75. The predicted octanol–water partition coefficient (Wildman–Crippen LogP) is 4.78. The molecule has 0 aromatic carbocycles. The van der Waals surface area contributed by atoms with Crippen molar-refractivity contribution in [2.45, 2.75) is 39.3 Å². The first kappa shape index (κ1) is 16.5. The van der Waals surface area contributed by atoms with Crippen molar-refractivity contribution in [2.75, 3.05) is 6.54 Å². The summed E-state index contributed by atoms with van der Waals surface area (Å²) in [7, 11) is 0.